The summed E-state index contributed by atoms with van der Waals surface area (Å²) in [5.74, 6) is 0.777. The van der Waals surface area contributed by atoms with E-state index in [1.54, 1.807) is 0 Å². The van der Waals surface area contributed by atoms with Crippen LogP contribution >= 0.6 is 11.6 Å². The van der Waals surface area contributed by atoms with Crippen molar-refractivity contribution < 1.29 is 0 Å². The molecule has 1 aliphatic rings. The highest BCUT2D eigenvalue weighted by molar-refractivity contribution is 6.18. The van der Waals surface area contributed by atoms with Gasteiger partial charge in [0.05, 0.1) is 0 Å². The van der Waals surface area contributed by atoms with Crippen molar-refractivity contribution >= 4 is 11.6 Å². The van der Waals surface area contributed by atoms with E-state index in [2.05, 4.69) is 24.1 Å². The minimum atomic E-state index is 0.315. The molecule has 0 aromatic carbocycles. The lowest BCUT2D eigenvalue weighted by Gasteiger charge is -2.29. The van der Waals surface area contributed by atoms with E-state index in [1.165, 1.54) is 51.7 Å². The fraction of sp³-hybridized carbons (Fsp3) is 1.00. The van der Waals surface area contributed by atoms with Gasteiger partial charge in [0.15, 0.2) is 0 Å². The zero-order valence-electron chi connectivity index (χ0n) is 11.6. The highest BCUT2D eigenvalue weighted by atomic mass is 35.5. The standard InChI is InChI=1S/C14H29ClN2/c1-3-14(4-2,12-15)13-16-8-7-11-17-9-5-6-10-17/h16H,3-13H2,1-2H3. The summed E-state index contributed by atoms with van der Waals surface area (Å²) in [4.78, 5) is 2.58. The third kappa shape index (κ3) is 5.15. The van der Waals surface area contributed by atoms with Crippen LogP contribution in [-0.2, 0) is 0 Å². The lowest BCUT2D eigenvalue weighted by Crippen LogP contribution is -2.36. The van der Waals surface area contributed by atoms with E-state index in [0.29, 0.717) is 5.41 Å². The molecule has 1 heterocycles. The Hall–Kier alpha value is 0.210. The predicted octanol–water partition coefficient (Wildman–Crippen LogP) is 3.11. The summed E-state index contributed by atoms with van der Waals surface area (Å²) in [7, 11) is 0. The molecule has 0 saturated carbocycles. The molecule has 0 aliphatic carbocycles. The number of hydrogen-bond acceptors (Lipinski definition) is 2. The molecule has 1 fully saturated rings. The number of hydrogen-bond donors (Lipinski definition) is 1. The van der Waals surface area contributed by atoms with Gasteiger partial charge in [-0.3, -0.25) is 0 Å². The van der Waals surface area contributed by atoms with Gasteiger partial charge < -0.3 is 10.2 Å². The maximum atomic E-state index is 6.09. The van der Waals surface area contributed by atoms with Crippen LogP contribution in [-0.4, -0.2) is 43.5 Å². The van der Waals surface area contributed by atoms with Gasteiger partial charge in [-0.15, -0.1) is 11.6 Å². The number of rotatable bonds is 9. The van der Waals surface area contributed by atoms with Crippen molar-refractivity contribution in [2.45, 2.75) is 46.0 Å². The SMILES string of the molecule is CCC(CC)(CCl)CNCCCN1CCCC1. The first-order valence-electron chi connectivity index (χ1n) is 7.25. The third-order valence-electron chi connectivity index (χ3n) is 4.31. The van der Waals surface area contributed by atoms with Gasteiger partial charge in [0, 0.05) is 12.4 Å². The van der Waals surface area contributed by atoms with Crippen molar-refractivity contribution in [1.82, 2.24) is 10.2 Å². The maximum Gasteiger partial charge on any atom is 0.0291 e. The van der Waals surface area contributed by atoms with Crippen molar-refractivity contribution in [2.75, 3.05) is 38.6 Å². The number of nitrogens with zero attached hydrogens (tertiary/aromatic N) is 1. The molecule has 1 aliphatic heterocycles. The van der Waals surface area contributed by atoms with Crippen molar-refractivity contribution in [2.24, 2.45) is 5.41 Å². The van der Waals surface area contributed by atoms with Crippen LogP contribution in [0.3, 0.4) is 0 Å². The normalized spacial score (nSPS) is 17.8. The number of halogens is 1. The topological polar surface area (TPSA) is 15.3 Å². The van der Waals surface area contributed by atoms with Gasteiger partial charge in [-0.05, 0) is 63.7 Å². The van der Waals surface area contributed by atoms with Crippen LogP contribution in [0.15, 0.2) is 0 Å². The summed E-state index contributed by atoms with van der Waals surface area (Å²) >= 11 is 6.09. The number of nitrogens with one attached hydrogen (secondary N) is 1. The summed E-state index contributed by atoms with van der Waals surface area (Å²) in [5, 5.41) is 3.59. The monoisotopic (exact) mass is 260 g/mol. The van der Waals surface area contributed by atoms with Crippen LogP contribution in [0.2, 0.25) is 0 Å². The summed E-state index contributed by atoms with van der Waals surface area (Å²) in [6.45, 7) is 10.6. The molecule has 0 spiro atoms. The van der Waals surface area contributed by atoms with Gasteiger partial charge in [-0.2, -0.15) is 0 Å². The zero-order chi connectivity index (χ0) is 12.6. The second-order valence-corrected chi connectivity index (χ2v) is 5.69. The molecule has 1 rings (SSSR count). The quantitative estimate of drug-likeness (QED) is 0.506. The van der Waals surface area contributed by atoms with E-state index in [9.17, 15) is 0 Å². The lowest BCUT2D eigenvalue weighted by atomic mass is 9.84. The summed E-state index contributed by atoms with van der Waals surface area (Å²) in [6.07, 6.45) is 6.41. The first kappa shape index (κ1) is 15.3. The average Bonchev–Trinajstić information content (AvgIpc) is 2.88. The van der Waals surface area contributed by atoms with E-state index in [1.807, 2.05) is 0 Å². The second-order valence-electron chi connectivity index (χ2n) is 5.42. The first-order chi connectivity index (χ1) is 8.26. The fourth-order valence-corrected chi connectivity index (χ4v) is 3.00. The summed E-state index contributed by atoms with van der Waals surface area (Å²) in [5.41, 5.74) is 0.315. The van der Waals surface area contributed by atoms with Crippen LogP contribution in [0.25, 0.3) is 0 Å². The molecule has 3 heteroatoms. The minimum Gasteiger partial charge on any atom is -0.316 e. The van der Waals surface area contributed by atoms with Gasteiger partial charge in [0.25, 0.3) is 0 Å². The largest absolute Gasteiger partial charge is 0.316 e. The lowest BCUT2D eigenvalue weighted by molar-refractivity contribution is 0.279. The summed E-state index contributed by atoms with van der Waals surface area (Å²) < 4.78 is 0. The molecule has 1 N–H and O–H groups in total. The third-order valence-corrected chi connectivity index (χ3v) is 4.88. The average molecular weight is 261 g/mol. The molecule has 0 atom stereocenters. The van der Waals surface area contributed by atoms with Crippen LogP contribution in [0.5, 0.6) is 0 Å². The Morgan fingerprint density at radius 2 is 1.82 bits per heavy atom. The van der Waals surface area contributed by atoms with Crippen molar-refractivity contribution in [3.63, 3.8) is 0 Å². The van der Waals surface area contributed by atoms with Crippen LogP contribution in [0.4, 0.5) is 0 Å². The Balaban J connectivity index is 2.05. The maximum absolute atomic E-state index is 6.09. The summed E-state index contributed by atoms with van der Waals surface area (Å²) in [6, 6.07) is 0. The predicted molar refractivity (Wildman–Crippen MR) is 76.9 cm³/mol. The highest BCUT2D eigenvalue weighted by Gasteiger charge is 2.24. The number of alkyl halides is 1. The molecular formula is C14H29ClN2. The fourth-order valence-electron chi connectivity index (χ4n) is 2.52. The highest BCUT2D eigenvalue weighted by Crippen LogP contribution is 2.26. The molecule has 0 aromatic rings. The molecule has 0 amide bonds. The van der Waals surface area contributed by atoms with Gasteiger partial charge in [0.2, 0.25) is 0 Å². The van der Waals surface area contributed by atoms with E-state index in [4.69, 9.17) is 11.6 Å². The van der Waals surface area contributed by atoms with Gasteiger partial charge in [-0.1, -0.05) is 13.8 Å². The molecular weight excluding hydrogens is 232 g/mol. The van der Waals surface area contributed by atoms with Crippen molar-refractivity contribution in [3.8, 4) is 0 Å². The Morgan fingerprint density at radius 1 is 1.18 bits per heavy atom. The molecule has 102 valence electrons. The molecule has 2 nitrogen and oxygen atoms in total. The number of likely N-dealkylation sites (tertiary alicyclic amines) is 1. The van der Waals surface area contributed by atoms with Gasteiger partial charge >= 0.3 is 0 Å². The molecule has 0 radical (unpaired) electrons. The van der Waals surface area contributed by atoms with Crippen LogP contribution in [0, 0.1) is 5.41 Å². The van der Waals surface area contributed by atoms with Crippen LogP contribution < -0.4 is 5.32 Å². The Kier molecular flexibility index (Phi) is 7.49. The molecule has 0 unspecified atom stereocenters. The van der Waals surface area contributed by atoms with E-state index in [0.717, 1.165) is 19.0 Å². The van der Waals surface area contributed by atoms with Gasteiger partial charge in [0.1, 0.15) is 0 Å². The molecule has 0 aromatic heterocycles. The molecule has 1 saturated heterocycles. The van der Waals surface area contributed by atoms with E-state index in [-0.39, 0.29) is 0 Å². The Labute approximate surface area is 112 Å². The zero-order valence-corrected chi connectivity index (χ0v) is 12.4. The minimum absolute atomic E-state index is 0.315. The van der Waals surface area contributed by atoms with Gasteiger partial charge in [-0.25, -0.2) is 0 Å². The Morgan fingerprint density at radius 3 is 2.35 bits per heavy atom. The van der Waals surface area contributed by atoms with Crippen molar-refractivity contribution in [3.05, 3.63) is 0 Å². The van der Waals surface area contributed by atoms with Crippen molar-refractivity contribution in [1.29, 1.82) is 0 Å². The van der Waals surface area contributed by atoms with E-state index >= 15 is 0 Å². The van der Waals surface area contributed by atoms with Crippen LogP contribution in [0.1, 0.15) is 46.0 Å². The van der Waals surface area contributed by atoms with E-state index < -0.39 is 0 Å². The first-order valence-corrected chi connectivity index (χ1v) is 7.79. The second kappa shape index (κ2) is 8.34. The Bertz CT molecular complexity index is 178. The smallest absolute Gasteiger partial charge is 0.0291 e. The molecule has 17 heavy (non-hydrogen) atoms. The molecule has 0 bridgehead atoms.